The summed E-state index contributed by atoms with van der Waals surface area (Å²) < 4.78 is 16.2. The Labute approximate surface area is 110 Å². The second kappa shape index (κ2) is 6.45. The van der Waals surface area contributed by atoms with Crippen molar-refractivity contribution in [2.24, 2.45) is 5.92 Å². The first-order chi connectivity index (χ1) is 8.54. The SMILES string of the molecule is CCCC1([SiH](OCC)OCC)C(=O)OC(=O)C1C. The minimum atomic E-state index is -2.29. The van der Waals surface area contributed by atoms with Crippen molar-refractivity contribution in [2.75, 3.05) is 13.2 Å². The van der Waals surface area contributed by atoms with Crippen molar-refractivity contribution >= 4 is 21.2 Å². The molecule has 1 rings (SSSR count). The van der Waals surface area contributed by atoms with Gasteiger partial charge in [-0.25, -0.2) is 0 Å². The van der Waals surface area contributed by atoms with E-state index in [4.69, 9.17) is 13.6 Å². The van der Waals surface area contributed by atoms with Crippen LogP contribution in [0.5, 0.6) is 0 Å². The van der Waals surface area contributed by atoms with Gasteiger partial charge in [-0.3, -0.25) is 9.59 Å². The Balaban J connectivity index is 3.10. The summed E-state index contributed by atoms with van der Waals surface area (Å²) in [6, 6.07) is 0. The molecule has 0 saturated carbocycles. The molecule has 2 atom stereocenters. The van der Waals surface area contributed by atoms with E-state index >= 15 is 0 Å². The number of hydrogen-bond acceptors (Lipinski definition) is 5. The van der Waals surface area contributed by atoms with Crippen LogP contribution < -0.4 is 0 Å². The highest BCUT2D eigenvalue weighted by Crippen LogP contribution is 2.50. The second-order valence-electron chi connectivity index (χ2n) is 4.46. The van der Waals surface area contributed by atoms with E-state index in [9.17, 15) is 9.59 Å². The van der Waals surface area contributed by atoms with Crippen molar-refractivity contribution in [3.05, 3.63) is 0 Å². The predicted molar refractivity (Wildman–Crippen MR) is 68.3 cm³/mol. The summed E-state index contributed by atoms with van der Waals surface area (Å²) >= 11 is 0. The van der Waals surface area contributed by atoms with Crippen molar-refractivity contribution in [1.29, 1.82) is 0 Å². The normalized spacial score (nSPS) is 27.9. The summed E-state index contributed by atoms with van der Waals surface area (Å²) in [7, 11) is -2.29. The predicted octanol–water partition coefficient (Wildman–Crippen LogP) is 1.54. The lowest BCUT2D eigenvalue weighted by molar-refractivity contribution is -0.153. The van der Waals surface area contributed by atoms with Crippen LogP contribution in [0, 0.1) is 5.92 Å². The zero-order chi connectivity index (χ0) is 13.8. The minimum Gasteiger partial charge on any atom is -0.396 e. The van der Waals surface area contributed by atoms with E-state index in [0.717, 1.165) is 6.42 Å². The molecule has 0 bridgehead atoms. The molecule has 1 fully saturated rings. The minimum absolute atomic E-state index is 0.453. The third-order valence-corrected chi connectivity index (χ3v) is 6.56. The van der Waals surface area contributed by atoms with Crippen LogP contribution in [0.3, 0.4) is 0 Å². The van der Waals surface area contributed by atoms with E-state index in [1.165, 1.54) is 0 Å². The number of ether oxygens (including phenoxy) is 1. The van der Waals surface area contributed by atoms with E-state index < -0.39 is 32.2 Å². The summed E-state index contributed by atoms with van der Waals surface area (Å²) in [5.74, 6) is -1.38. The first-order valence-corrected chi connectivity index (χ1v) is 8.05. The standard InChI is InChI=1S/C12H22O5Si/c1-5-8-12(18(15-6-2)16-7-3)9(4)10(13)17-11(12)14/h9,18H,5-8H2,1-4H3. The summed E-state index contributed by atoms with van der Waals surface area (Å²) in [5.41, 5.74) is 0. The molecule has 18 heavy (non-hydrogen) atoms. The van der Waals surface area contributed by atoms with Gasteiger partial charge in [0.15, 0.2) is 0 Å². The molecule has 2 unspecified atom stereocenters. The molecule has 104 valence electrons. The van der Waals surface area contributed by atoms with Gasteiger partial charge in [0.2, 0.25) is 0 Å². The topological polar surface area (TPSA) is 61.8 Å². The van der Waals surface area contributed by atoms with Gasteiger partial charge in [0.1, 0.15) is 5.04 Å². The Morgan fingerprint density at radius 3 is 2.11 bits per heavy atom. The molecule has 0 N–H and O–H groups in total. The molecule has 1 heterocycles. The molecule has 5 nitrogen and oxygen atoms in total. The van der Waals surface area contributed by atoms with Crippen LogP contribution in [0.4, 0.5) is 0 Å². The van der Waals surface area contributed by atoms with Crippen LogP contribution in [-0.4, -0.2) is 34.4 Å². The summed E-state index contributed by atoms with van der Waals surface area (Å²) in [6.07, 6.45) is 1.37. The zero-order valence-electron chi connectivity index (χ0n) is 11.5. The lowest BCUT2D eigenvalue weighted by Crippen LogP contribution is -2.45. The van der Waals surface area contributed by atoms with Crippen LogP contribution >= 0.6 is 0 Å². The number of cyclic esters (lactones) is 2. The molecule has 0 aromatic heterocycles. The Bertz CT molecular complexity index is 314. The Morgan fingerprint density at radius 1 is 1.22 bits per heavy atom. The van der Waals surface area contributed by atoms with E-state index in [1.54, 1.807) is 6.92 Å². The first kappa shape index (κ1) is 15.3. The number of carbonyl (C=O) groups is 2. The zero-order valence-corrected chi connectivity index (χ0v) is 12.7. The summed E-state index contributed by atoms with van der Waals surface area (Å²) in [4.78, 5) is 23.8. The molecular weight excluding hydrogens is 252 g/mol. The average Bonchev–Trinajstić information content (AvgIpc) is 2.54. The van der Waals surface area contributed by atoms with E-state index in [2.05, 4.69) is 0 Å². The highest BCUT2D eigenvalue weighted by molar-refractivity contribution is 6.56. The molecule has 1 aliphatic heterocycles. The van der Waals surface area contributed by atoms with Crippen molar-refractivity contribution in [3.8, 4) is 0 Å². The largest absolute Gasteiger partial charge is 0.396 e. The van der Waals surface area contributed by atoms with E-state index in [0.29, 0.717) is 19.6 Å². The van der Waals surface area contributed by atoms with Gasteiger partial charge in [-0.1, -0.05) is 20.3 Å². The number of esters is 2. The summed E-state index contributed by atoms with van der Waals surface area (Å²) in [5, 5.41) is -0.863. The van der Waals surface area contributed by atoms with Crippen molar-refractivity contribution < 1.29 is 23.2 Å². The van der Waals surface area contributed by atoms with Gasteiger partial charge in [0, 0.05) is 13.2 Å². The van der Waals surface area contributed by atoms with Gasteiger partial charge in [0.25, 0.3) is 0 Å². The highest BCUT2D eigenvalue weighted by atomic mass is 28.3. The maximum Gasteiger partial charge on any atom is 0.340 e. The Kier molecular flexibility index (Phi) is 5.49. The molecule has 0 radical (unpaired) electrons. The fraction of sp³-hybridized carbons (Fsp3) is 0.833. The fourth-order valence-electron chi connectivity index (χ4n) is 2.46. The fourth-order valence-corrected chi connectivity index (χ4v) is 5.08. The van der Waals surface area contributed by atoms with Crippen molar-refractivity contribution in [2.45, 2.75) is 45.6 Å². The average molecular weight is 274 g/mol. The lowest BCUT2D eigenvalue weighted by Gasteiger charge is -2.33. The van der Waals surface area contributed by atoms with Gasteiger partial charge in [-0.2, -0.15) is 0 Å². The lowest BCUT2D eigenvalue weighted by atomic mass is 9.91. The highest BCUT2D eigenvalue weighted by Gasteiger charge is 2.62. The monoisotopic (exact) mass is 274 g/mol. The number of hydrogen-bond donors (Lipinski definition) is 0. The smallest absolute Gasteiger partial charge is 0.340 e. The number of rotatable bonds is 7. The van der Waals surface area contributed by atoms with Crippen LogP contribution in [0.2, 0.25) is 5.04 Å². The maximum absolute atomic E-state index is 12.1. The Hall–Kier alpha value is -0.723. The third-order valence-electron chi connectivity index (χ3n) is 3.42. The molecule has 1 aliphatic rings. The molecular formula is C12H22O5Si. The van der Waals surface area contributed by atoms with Crippen LogP contribution in [0.25, 0.3) is 0 Å². The second-order valence-corrected chi connectivity index (χ2v) is 6.82. The van der Waals surface area contributed by atoms with E-state index in [1.807, 2.05) is 20.8 Å². The molecule has 6 heteroatoms. The molecule has 1 saturated heterocycles. The van der Waals surface area contributed by atoms with Crippen molar-refractivity contribution in [3.63, 3.8) is 0 Å². The van der Waals surface area contributed by atoms with Crippen LogP contribution in [0.15, 0.2) is 0 Å². The quantitative estimate of drug-likeness (QED) is 0.400. The van der Waals surface area contributed by atoms with Gasteiger partial charge in [-0.05, 0) is 20.3 Å². The van der Waals surface area contributed by atoms with Gasteiger partial charge in [-0.15, -0.1) is 0 Å². The van der Waals surface area contributed by atoms with Gasteiger partial charge in [0.05, 0.1) is 5.92 Å². The van der Waals surface area contributed by atoms with Crippen LogP contribution in [-0.2, 0) is 23.2 Å². The molecule has 0 aromatic rings. The van der Waals surface area contributed by atoms with E-state index in [-0.39, 0.29) is 0 Å². The van der Waals surface area contributed by atoms with Gasteiger partial charge >= 0.3 is 21.2 Å². The summed E-state index contributed by atoms with van der Waals surface area (Å²) in [6.45, 7) is 8.42. The first-order valence-electron chi connectivity index (χ1n) is 6.53. The third kappa shape index (κ3) is 2.50. The van der Waals surface area contributed by atoms with Crippen molar-refractivity contribution in [1.82, 2.24) is 0 Å². The molecule has 0 spiro atoms. The van der Waals surface area contributed by atoms with Gasteiger partial charge < -0.3 is 13.6 Å². The molecule has 0 aliphatic carbocycles. The maximum atomic E-state index is 12.1. The number of carbonyl (C=O) groups excluding carboxylic acids is 2. The van der Waals surface area contributed by atoms with Crippen LogP contribution in [0.1, 0.15) is 40.5 Å². The Morgan fingerprint density at radius 2 is 1.78 bits per heavy atom. The molecule has 0 amide bonds. The molecule has 0 aromatic carbocycles.